The van der Waals surface area contributed by atoms with Crippen LogP contribution in [0.15, 0.2) is 24.3 Å². The van der Waals surface area contributed by atoms with E-state index in [1.54, 1.807) is 14.2 Å². The van der Waals surface area contributed by atoms with Gasteiger partial charge < -0.3 is 19.9 Å². The molecule has 0 heterocycles. The lowest BCUT2D eigenvalue weighted by molar-refractivity contribution is 0.00746. The number of aliphatic hydroxyl groups is 1. The molecule has 102 valence electrons. The molecule has 0 fully saturated rings. The van der Waals surface area contributed by atoms with Crippen molar-refractivity contribution in [2.24, 2.45) is 0 Å². The molecule has 0 spiro atoms. The summed E-state index contributed by atoms with van der Waals surface area (Å²) in [6.45, 7) is 4.05. The first-order valence-electron chi connectivity index (χ1n) is 6.08. The molecule has 1 rings (SSSR count). The van der Waals surface area contributed by atoms with Crippen LogP contribution in [0.1, 0.15) is 20.3 Å². The van der Waals surface area contributed by atoms with Crippen LogP contribution >= 0.6 is 0 Å². The Bertz CT molecular complexity index is 366. The maximum absolute atomic E-state index is 9.45. The van der Waals surface area contributed by atoms with E-state index in [1.165, 1.54) is 0 Å². The Morgan fingerprint density at radius 3 is 2.50 bits per heavy atom. The van der Waals surface area contributed by atoms with Gasteiger partial charge in [0.2, 0.25) is 0 Å². The Labute approximate surface area is 109 Å². The Morgan fingerprint density at radius 1 is 1.28 bits per heavy atom. The average molecular weight is 253 g/mol. The molecule has 4 nitrogen and oxygen atoms in total. The zero-order valence-corrected chi connectivity index (χ0v) is 11.6. The number of hydrogen-bond donors (Lipinski definition) is 2. The highest BCUT2D eigenvalue weighted by Gasteiger charge is 2.22. The monoisotopic (exact) mass is 253 g/mol. The standard InChI is InChI=1S/C14H23NO3/c1-14(2,18-4)9-11(10-16)15-12-7-5-6-8-13(12)17-3/h5-8,11,15-16H,9-10H2,1-4H3. The predicted octanol–water partition coefficient (Wildman–Crippen LogP) is 2.28. The molecule has 0 aromatic heterocycles. The second-order valence-corrected chi connectivity index (χ2v) is 4.89. The lowest BCUT2D eigenvalue weighted by atomic mass is 9.99. The molecule has 0 aliphatic rings. The van der Waals surface area contributed by atoms with Gasteiger partial charge >= 0.3 is 0 Å². The molecule has 0 aliphatic heterocycles. The van der Waals surface area contributed by atoms with Crippen LogP contribution in [-0.2, 0) is 4.74 Å². The van der Waals surface area contributed by atoms with Crippen molar-refractivity contribution in [2.45, 2.75) is 31.9 Å². The topological polar surface area (TPSA) is 50.7 Å². The second kappa shape index (κ2) is 6.61. The third-order valence-corrected chi connectivity index (χ3v) is 2.98. The quantitative estimate of drug-likeness (QED) is 0.782. The van der Waals surface area contributed by atoms with Gasteiger partial charge in [-0.25, -0.2) is 0 Å². The average Bonchev–Trinajstić information content (AvgIpc) is 2.38. The highest BCUT2D eigenvalue weighted by Crippen LogP contribution is 2.26. The van der Waals surface area contributed by atoms with Crippen molar-refractivity contribution in [2.75, 3.05) is 26.1 Å². The molecular weight excluding hydrogens is 230 g/mol. The molecule has 18 heavy (non-hydrogen) atoms. The fourth-order valence-corrected chi connectivity index (χ4v) is 1.82. The minimum atomic E-state index is -0.275. The smallest absolute Gasteiger partial charge is 0.141 e. The Balaban J connectivity index is 2.74. The van der Waals surface area contributed by atoms with Crippen molar-refractivity contribution < 1.29 is 14.6 Å². The largest absolute Gasteiger partial charge is 0.495 e. The van der Waals surface area contributed by atoms with E-state index in [0.29, 0.717) is 6.42 Å². The molecule has 0 bridgehead atoms. The van der Waals surface area contributed by atoms with Gasteiger partial charge in [0.05, 0.1) is 31.0 Å². The van der Waals surface area contributed by atoms with Crippen LogP contribution in [-0.4, -0.2) is 37.6 Å². The van der Waals surface area contributed by atoms with Crippen LogP contribution in [0.4, 0.5) is 5.69 Å². The summed E-state index contributed by atoms with van der Waals surface area (Å²) in [5.74, 6) is 0.770. The second-order valence-electron chi connectivity index (χ2n) is 4.89. The van der Waals surface area contributed by atoms with Gasteiger partial charge in [-0.1, -0.05) is 12.1 Å². The van der Waals surface area contributed by atoms with E-state index in [1.807, 2.05) is 38.1 Å². The highest BCUT2D eigenvalue weighted by molar-refractivity contribution is 5.56. The Morgan fingerprint density at radius 2 is 1.94 bits per heavy atom. The minimum Gasteiger partial charge on any atom is -0.495 e. The summed E-state index contributed by atoms with van der Waals surface area (Å²) < 4.78 is 10.7. The van der Waals surface area contributed by atoms with Gasteiger partial charge in [0.25, 0.3) is 0 Å². The van der Waals surface area contributed by atoms with Gasteiger partial charge in [0, 0.05) is 7.11 Å². The van der Waals surface area contributed by atoms with E-state index in [9.17, 15) is 5.11 Å². The Kier molecular flexibility index (Phi) is 5.44. The van der Waals surface area contributed by atoms with Crippen molar-refractivity contribution >= 4 is 5.69 Å². The normalized spacial score (nSPS) is 13.2. The fourth-order valence-electron chi connectivity index (χ4n) is 1.82. The molecule has 0 amide bonds. The molecule has 2 N–H and O–H groups in total. The van der Waals surface area contributed by atoms with Crippen LogP contribution in [0.3, 0.4) is 0 Å². The molecule has 0 saturated carbocycles. The van der Waals surface area contributed by atoms with Crippen molar-refractivity contribution in [1.82, 2.24) is 0 Å². The maximum Gasteiger partial charge on any atom is 0.141 e. The molecule has 0 radical (unpaired) electrons. The van der Waals surface area contributed by atoms with Crippen LogP contribution in [0.25, 0.3) is 0 Å². The number of para-hydroxylation sites is 2. The summed E-state index contributed by atoms with van der Waals surface area (Å²) in [5.41, 5.74) is 0.605. The number of anilines is 1. The minimum absolute atomic E-state index is 0.0465. The number of nitrogens with one attached hydrogen (secondary N) is 1. The fraction of sp³-hybridized carbons (Fsp3) is 0.571. The van der Waals surface area contributed by atoms with E-state index in [-0.39, 0.29) is 18.2 Å². The molecule has 1 atom stereocenters. The molecule has 1 aromatic carbocycles. The first-order chi connectivity index (χ1) is 8.52. The molecule has 1 unspecified atom stereocenters. The first kappa shape index (κ1) is 14.8. The third kappa shape index (κ3) is 4.20. The summed E-state index contributed by atoms with van der Waals surface area (Å²) in [7, 11) is 3.31. The van der Waals surface area contributed by atoms with E-state index in [2.05, 4.69) is 5.32 Å². The third-order valence-electron chi connectivity index (χ3n) is 2.98. The van der Waals surface area contributed by atoms with Crippen LogP contribution in [0.2, 0.25) is 0 Å². The lowest BCUT2D eigenvalue weighted by Crippen LogP contribution is -2.35. The summed E-state index contributed by atoms with van der Waals surface area (Å²) in [4.78, 5) is 0. The zero-order valence-electron chi connectivity index (χ0n) is 11.6. The molecule has 4 heteroatoms. The van der Waals surface area contributed by atoms with Gasteiger partial charge in [0.15, 0.2) is 0 Å². The van der Waals surface area contributed by atoms with Crippen LogP contribution < -0.4 is 10.1 Å². The van der Waals surface area contributed by atoms with Gasteiger partial charge in [-0.3, -0.25) is 0 Å². The number of hydrogen-bond acceptors (Lipinski definition) is 4. The van der Waals surface area contributed by atoms with E-state index in [4.69, 9.17) is 9.47 Å². The van der Waals surface area contributed by atoms with Gasteiger partial charge in [-0.2, -0.15) is 0 Å². The van der Waals surface area contributed by atoms with E-state index < -0.39 is 0 Å². The van der Waals surface area contributed by atoms with Crippen molar-refractivity contribution in [3.63, 3.8) is 0 Å². The van der Waals surface area contributed by atoms with Gasteiger partial charge in [-0.15, -0.1) is 0 Å². The van der Waals surface area contributed by atoms with Crippen LogP contribution in [0.5, 0.6) is 5.75 Å². The number of rotatable bonds is 7. The number of ether oxygens (including phenoxy) is 2. The maximum atomic E-state index is 9.45. The first-order valence-corrected chi connectivity index (χ1v) is 6.08. The zero-order chi connectivity index (χ0) is 13.6. The van der Waals surface area contributed by atoms with Crippen LogP contribution in [0, 0.1) is 0 Å². The predicted molar refractivity (Wildman–Crippen MR) is 73.2 cm³/mol. The van der Waals surface area contributed by atoms with E-state index >= 15 is 0 Å². The van der Waals surface area contributed by atoms with Gasteiger partial charge in [-0.05, 0) is 32.4 Å². The Hall–Kier alpha value is -1.26. The van der Waals surface area contributed by atoms with Gasteiger partial charge in [0.1, 0.15) is 5.75 Å². The summed E-state index contributed by atoms with van der Waals surface area (Å²) >= 11 is 0. The lowest BCUT2D eigenvalue weighted by Gasteiger charge is -2.29. The number of aliphatic hydroxyl groups excluding tert-OH is 1. The summed E-state index contributed by atoms with van der Waals surface area (Å²) in [6.07, 6.45) is 0.706. The highest BCUT2D eigenvalue weighted by atomic mass is 16.5. The summed E-state index contributed by atoms with van der Waals surface area (Å²) in [5, 5.41) is 12.7. The molecular formula is C14H23NO3. The summed E-state index contributed by atoms with van der Waals surface area (Å²) in [6, 6.07) is 7.59. The number of methoxy groups -OCH3 is 2. The molecule has 1 aromatic rings. The van der Waals surface area contributed by atoms with Crippen molar-refractivity contribution in [1.29, 1.82) is 0 Å². The number of benzene rings is 1. The SMILES string of the molecule is COc1ccccc1NC(CO)CC(C)(C)OC. The molecule has 0 aliphatic carbocycles. The molecule has 0 saturated heterocycles. The van der Waals surface area contributed by atoms with E-state index in [0.717, 1.165) is 11.4 Å². The van der Waals surface area contributed by atoms with Crippen molar-refractivity contribution in [3.05, 3.63) is 24.3 Å². The van der Waals surface area contributed by atoms with Crippen molar-refractivity contribution in [3.8, 4) is 5.75 Å².